The topological polar surface area (TPSA) is 53.9 Å². The fraction of sp³-hybridized carbons (Fsp3) is 0.167. The van der Waals surface area contributed by atoms with Crippen molar-refractivity contribution < 1.29 is 0 Å². The third kappa shape index (κ3) is 3.83. The second-order valence-corrected chi connectivity index (χ2v) is 5.27. The van der Waals surface area contributed by atoms with Crippen molar-refractivity contribution in [1.82, 2.24) is 15.0 Å². The Labute approximate surface area is 136 Å². The monoisotopic (exact) mass is 305 g/mol. The first-order valence-corrected chi connectivity index (χ1v) is 7.49. The van der Waals surface area contributed by atoms with E-state index in [0.29, 0.717) is 6.54 Å². The van der Waals surface area contributed by atoms with Gasteiger partial charge in [0.15, 0.2) is 0 Å². The standard InChI is InChI=1S/C18H19N5/c1-14-21-17(20-13-15-7-6-10-19-12-15)11-18(22-14)23(2)16-8-4-3-5-9-16/h3-12H,13H2,1-2H3,(H,20,21,22). The van der Waals surface area contributed by atoms with Gasteiger partial charge in [-0.05, 0) is 30.7 Å². The largest absolute Gasteiger partial charge is 0.366 e. The molecule has 0 unspecified atom stereocenters. The summed E-state index contributed by atoms with van der Waals surface area (Å²) in [7, 11) is 2.00. The Bertz CT molecular complexity index is 759. The van der Waals surface area contributed by atoms with Crippen LogP contribution in [-0.2, 0) is 6.54 Å². The van der Waals surface area contributed by atoms with Gasteiger partial charge >= 0.3 is 0 Å². The fourth-order valence-corrected chi connectivity index (χ4v) is 2.29. The van der Waals surface area contributed by atoms with E-state index < -0.39 is 0 Å². The summed E-state index contributed by atoms with van der Waals surface area (Å²) in [5, 5.41) is 3.33. The van der Waals surface area contributed by atoms with Crippen LogP contribution in [0, 0.1) is 6.92 Å². The average Bonchev–Trinajstić information content (AvgIpc) is 2.60. The molecule has 0 fully saturated rings. The summed E-state index contributed by atoms with van der Waals surface area (Å²) in [6, 6.07) is 16.1. The molecule has 0 spiro atoms. The first-order valence-electron chi connectivity index (χ1n) is 7.49. The van der Waals surface area contributed by atoms with Crippen molar-refractivity contribution in [2.24, 2.45) is 0 Å². The zero-order valence-corrected chi connectivity index (χ0v) is 13.3. The number of nitrogens with zero attached hydrogens (tertiary/aromatic N) is 4. The molecular formula is C18H19N5. The van der Waals surface area contributed by atoms with Gasteiger partial charge in [0.2, 0.25) is 0 Å². The highest BCUT2D eigenvalue weighted by molar-refractivity contribution is 5.61. The van der Waals surface area contributed by atoms with Crippen LogP contribution < -0.4 is 10.2 Å². The number of aromatic nitrogens is 3. The van der Waals surface area contributed by atoms with E-state index in [1.807, 2.05) is 61.5 Å². The van der Waals surface area contributed by atoms with E-state index in [-0.39, 0.29) is 0 Å². The second kappa shape index (κ2) is 6.87. The van der Waals surface area contributed by atoms with E-state index in [1.165, 1.54) is 0 Å². The van der Waals surface area contributed by atoms with Crippen molar-refractivity contribution >= 4 is 17.3 Å². The molecule has 0 saturated heterocycles. The molecule has 5 heteroatoms. The van der Waals surface area contributed by atoms with Crippen LogP contribution >= 0.6 is 0 Å². The number of nitrogens with one attached hydrogen (secondary N) is 1. The van der Waals surface area contributed by atoms with Gasteiger partial charge in [0.25, 0.3) is 0 Å². The van der Waals surface area contributed by atoms with Crippen LogP contribution in [0.2, 0.25) is 0 Å². The Kier molecular flexibility index (Phi) is 4.47. The molecule has 1 aromatic carbocycles. The highest BCUT2D eigenvalue weighted by atomic mass is 15.2. The third-order valence-corrected chi connectivity index (χ3v) is 3.51. The Hall–Kier alpha value is -2.95. The van der Waals surface area contributed by atoms with Gasteiger partial charge < -0.3 is 10.2 Å². The highest BCUT2D eigenvalue weighted by Gasteiger charge is 2.08. The van der Waals surface area contributed by atoms with Crippen LogP contribution in [-0.4, -0.2) is 22.0 Å². The number of benzene rings is 1. The summed E-state index contributed by atoms with van der Waals surface area (Å²) in [5.41, 5.74) is 2.20. The minimum Gasteiger partial charge on any atom is -0.366 e. The second-order valence-electron chi connectivity index (χ2n) is 5.27. The molecule has 0 aliphatic rings. The maximum absolute atomic E-state index is 4.53. The number of rotatable bonds is 5. The SMILES string of the molecule is Cc1nc(NCc2cccnc2)cc(N(C)c2ccccc2)n1. The fourth-order valence-electron chi connectivity index (χ4n) is 2.29. The molecule has 3 aromatic rings. The molecule has 3 rings (SSSR count). The van der Waals surface area contributed by atoms with E-state index >= 15 is 0 Å². The molecule has 1 N–H and O–H groups in total. The maximum atomic E-state index is 4.53. The summed E-state index contributed by atoms with van der Waals surface area (Å²) in [6.45, 7) is 2.58. The van der Waals surface area contributed by atoms with Crippen molar-refractivity contribution in [3.05, 3.63) is 72.3 Å². The minimum atomic E-state index is 0.679. The van der Waals surface area contributed by atoms with Crippen LogP contribution in [0.15, 0.2) is 60.9 Å². The molecule has 2 aromatic heterocycles. The van der Waals surface area contributed by atoms with Gasteiger partial charge in [0.1, 0.15) is 17.5 Å². The van der Waals surface area contributed by atoms with Gasteiger partial charge in [-0.3, -0.25) is 4.98 Å². The van der Waals surface area contributed by atoms with Gasteiger partial charge in [0, 0.05) is 37.7 Å². The molecule has 2 heterocycles. The van der Waals surface area contributed by atoms with Crippen LogP contribution in [0.4, 0.5) is 17.3 Å². The van der Waals surface area contributed by atoms with Gasteiger partial charge in [-0.25, -0.2) is 9.97 Å². The van der Waals surface area contributed by atoms with Gasteiger partial charge in [0.05, 0.1) is 0 Å². The first kappa shape index (κ1) is 15.0. The van der Waals surface area contributed by atoms with Crippen molar-refractivity contribution in [2.75, 3.05) is 17.3 Å². The maximum Gasteiger partial charge on any atom is 0.138 e. The van der Waals surface area contributed by atoms with Gasteiger partial charge in [-0.1, -0.05) is 24.3 Å². The Morgan fingerprint density at radius 1 is 1.04 bits per heavy atom. The molecule has 0 saturated carbocycles. The normalized spacial score (nSPS) is 10.3. The molecule has 0 aliphatic heterocycles. The number of hydrogen-bond acceptors (Lipinski definition) is 5. The van der Waals surface area contributed by atoms with Crippen molar-refractivity contribution in [3.8, 4) is 0 Å². The molecule has 23 heavy (non-hydrogen) atoms. The summed E-state index contributed by atoms with van der Waals surface area (Å²) >= 11 is 0. The lowest BCUT2D eigenvalue weighted by Crippen LogP contribution is -2.13. The smallest absolute Gasteiger partial charge is 0.138 e. The zero-order valence-electron chi connectivity index (χ0n) is 13.3. The molecule has 0 amide bonds. The number of hydrogen-bond donors (Lipinski definition) is 1. The molecule has 0 atom stereocenters. The van der Waals surface area contributed by atoms with Crippen molar-refractivity contribution in [3.63, 3.8) is 0 Å². The van der Waals surface area contributed by atoms with E-state index in [9.17, 15) is 0 Å². The summed E-state index contributed by atoms with van der Waals surface area (Å²) < 4.78 is 0. The average molecular weight is 305 g/mol. The lowest BCUT2D eigenvalue weighted by atomic mass is 10.3. The van der Waals surface area contributed by atoms with E-state index in [0.717, 1.165) is 28.7 Å². The molecule has 0 radical (unpaired) electrons. The van der Waals surface area contributed by atoms with Crippen LogP contribution in [0.1, 0.15) is 11.4 Å². The lowest BCUT2D eigenvalue weighted by molar-refractivity contribution is 0.993. The molecule has 5 nitrogen and oxygen atoms in total. The van der Waals surface area contributed by atoms with Gasteiger partial charge in [-0.15, -0.1) is 0 Å². The predicted octanol–water partition coefficient (Wildman–Crippen LogP) is 3.56. The number of anilines is 3. The van der Waals surface area contributed by atoms with E-state index in [4.69, 9.17) is 0 Å². The molecule has 116 valence electrons. The number of para-hydroxylation sites is 1. The lowest BCUT2D eigenvalue weighted by Gasteiger charge is -2.19. The quantitative estimate of drug-likeness (QED) is 0.781. The summed E-state index contributed by atoms with van der Waals surface area (Å²) in [4.78, 5) is 15.1. The molecular weight excluding hydrogens is 286 g/mol. The third-order valence-electron chi connectivity index (χ3n) is 3.51. The van der Waals surface area contributed by atoms with Crippen LogP contribution in [0.3, 0.4) is 0 Å². The minimum absolute atomic E-state index is 0.679. The van der Waals surface area contributed by atoms with Crippen LogP contribution in [0.5, 0.6) is 0 Å². The summed E-state index contributed by atoms with van der Waals surface area (Å²) in [6.07, 6.45) is 3.61. The zero-order chi connectivity index (χ0) is 16.1. The molecule has 0 bridgehead atoms. The van der Waals surface area contributed by atoms with Gasteiger partial charge in [-0.2, -0.15) is 0 Å². The van der Waals surface area contributed by atoms with E-state index in [1.54, 1.807) is 6.20 Å². The predicted molar refractivity (Wildman–Crippen MR) is 92.8 cm³/mol. The van der Waals surface area contributed by atoms with Crippen molar-refractivity contribution in [1.29, 1.82) is 0 Å². The van der Waals surface area contributed by atoms with Crippen molar-refractivity contribution in [2.45, 2.75) is 13.5 Å². The first-order chi connectivity index (χ1) is 11.2. The Morgan fingerprint density at radius 3 is 2.61 bits per heavy atom. The summed E-state index contributed by atoms with van der Waals surface area (Å²) in [5.74, 6) is 2.40. The molecule has 0 aliphatic carbocycles. The Balaban J connectivity index is 1.79. The highest BCUT2D eigenvalue weighted by Crippen LogP contribution is 2.23. The number of pyridine rings is 1. The number of aryl methyl sites for hydroxylation is 1. The Morgan fingerprint density at radius 2 is 1.87 bits per heavy atom. The van der Waals surface area contributed by atoms with E-state index in [2.05, 4.69) is 32.4 Å². The van der Waals surface area contributed by atoms with Crippen LogP contribution in [0.25, 0.3) is 0 Å².